The zero-order chi connectivity index (χ0) is 18.9. The summed E-state index contributed by atoms with van der Waals surface area (Å²) in [5.41, 5.74) is 1.78. The van der Waals surface area contributed by atoms with E-state index in [4.69, 9.17) is 4.42 Å². The van der Waals surface area contributed by atoms with Gasteiger partial charge in [-0.2, -0.15) is 9.57 Å². The topological polar surface area (TPSA) is 91.6 Å². The number of rotatable bonds is 4. The summed E-state index contributed by atoms with van der Waals surface area (Å²) in [5, 5.41) is 9.19. The van der Waals surface area contributed by atoms with Crippen LogP contribution in [0.5, 0.6) is 0 Å². The van der Waals surface area contributed by atoms with Crippen LogP contribution in [0.4, 0.5) is 0 Å². The Hall–Kier alpha value is -2.73. The average Bonchev–Trinajstić information content (AvgIpc) is 3.10. The van der Waals surface area contributed by atoms with Crippen molar-refractivity contribution in [2.45, 2.75) is 11.4 Å². The van der Waals surface area contributed by atoms with Crippen LogP contribution in [0.2, 0.25) is 0 Å². The molecule has 0 unspecified atom stereocenters. The molecule has 0 amide bonds. The summed E-state index contributed by atoms with van der Waals surface area (Å²) < 4.78 is 33.0. The molecular formula is C19H19N4O3S+. The first-order chi connectivity index (χ1) is 13.1. The molecule has 27 heavy (non-hydrogen) atoms. The van der Waals surface area contributed by atoms with Crippen LogP contribution in [-0.2, 0) is 16.6 Å². The fourth-order valence-electron chi connectivity index (χ4n) is 3.35. The highest BCUT2D eigenvalue weighted by atomic mass is 32.2. The summed E-state index contributed by atoms with van der Waals surface area (Å²) in [6.45, 7) is 2.74. The lowest BCUT2D eigenvalue weighted by Crippen LogP contribution is -3.13. The Balaban J connectivity index is 1.44. The zero-order valence-electron chi connectivity index (χ0n) is 14.6. The quantitative estimate of drug-likeness (QED) is 0.719. The summed E-state index contributed by atoms with van der Waals surface area (Å²) in [4.78, 5) is 5.79. The molecule has 2 aromatic carbocycles. The van der Waals surface area contributed by atoms with Crippen molar-refractivity contribution in [3.63, 3.8) is 0 Å². The van der Waals surface area contributed by atoms with E-state index in [1.807, 2.05) is 30.3 Å². The van der Waals surface area contributed by atoms with Gasteiger partial charge < -0.3 is 9.32 Å². The number of nitrogens with one attached hydrogen (secondary N) is 1. The van der Waals surface area contributed by atoms with Crippen molar-refractivity contribution in [1.29, 1.82) is 5.26 Å². The number of nitriles is 1. The van der Waals surface area contributed by atoms with Gasteiger partial charge in [-0.1, -0.05) is 24.3 Å². The highest BCUT2D eigenvalue weighted by Gasteiger charge is 2.32. The number of fused-ring (bicyclic) bond motifs is 1. The Labute approximate surface area is 157 Å². The maximum Gasteiger partial charge on any atom is 0.251 e. The van der Waals surface area contributed by atoms with Crippen LogP contribution in [0.25, 0.3) is 11.1 Å². The number of hydrogen-bond donors (Lipinski definition) is 1. The number of sulfonamides is 1. The number of piperazine rings is 1. The van der Waals surface area contributed by atoms with E-state index in [0.29, 0.717) is 38.6 Å². The smallest absolute Gasteiger partial charge is 0.251 e. The van der Waals surface area contributed by atoms with Gasteiger partial charge in [0.15, 0.2) is 12.1 Å². The second kappa shape index (κ2) is 7.12. The number of nitrogens with zero attached hydrogens (tertiary/aromatic N) is 3. The predicted octanol–water partition coefficient (Wildman–Crippen LogP) is 0.789. The molecule has 1 saturated heterocycles. The summed E-state index contributed by atoms with van der Waals surface area (Å²) in [5.74, 6) is 0.664. The zero-order valence-corrected chi connectivity index (χ0v) is 15.4. The van der Waals surface area contributed by atoms with E-state index in [-0.39, 0.29) is 10.5 Å². The van der Waals surface area contributed by atoms with Crippen molar-refractivity contribution >= 4 is 21.1 Å². The van der Waals surface area contributed by atoms with Crippen LogP contribution in [0.15, 0.2) is 57.8 Å². The molecular weight excluding hydrogens is 364 g/mol. The molecule has 1 N–H and O–H groups in total. The van der Waals surface area contributed by atoms with Crippen LogP contribution in [0.1, 0.15) is 11.5 Å². The van der Waals surface area contributed by atoms with Crippen LogP contribution in [0, 0.1) is 11.3 Å². The van der Waals surface area contributed by atoms with Gasteiger partial charge >= 0.3 is 0 Å². The van der Waals surface area contributed by atoms with E-state index >= 15 is 0 Å². The summed E-state index contributed by atoms with van der Waals surface area (Å²) >= 11 is 0. The minimum absolute atomic E-state index is 0.0786. The Morgan fingerprint density at radius 3 is 2.56 bits per heavy atom. The highest BCUT2D eigenvalue weighted by Crippen LogP contribution is 2.19. The van der Waals surface area contributed by atoms with Crippen molar-refractivity contribution in [2.24, 2.45) is 0 Å². The van der Waals surface area contributed by atoms with Crippen molar-refractivity contribution in [2.75, 3.05) is 26.2 Å². The van der Waals surface area contributed by atoms with Crippen molar-refractivity contribution in [3.8, 4) is 6.07 Å². The van der Waals surface area contributed by atoms with Gasteiger partial charge in [0.25, 0.3) is 5.89 Å². The van der Waals surface area contributed by atoms with Crippen molar-refractivity contribution in [3.05, 3.63) is 60.0 Å². The third-order valence-corrected chi connectivity index (χ3v) is 6.75. The Bertz CT molecular complexity index is 1080. The van der Waals surface area contributed by atoms with Gasteiger partial charge in [0, 0.05) is 0 Å². The maximum absolute atomic E-state index is 12.9. The van der Waals surface area contributed by atoms with Crippen molar-refractivity contribution < 1.29 is 17.7 Å². The number of quaternary nitrogens is 1. The van der Waals surface area contributed by atoms with Gasteiger partial charge in [0.2, 0.25) is 10.0 Å². The first-order valence-electron chi connectivity index (χ1n) is 8.75. The first-order valence-corrected chi connectivity index (χ1v) is 10.2. The number of benzene rings is 2. The first kappa shape index (κ1) is 17.7. The van der Waals surface area contributed by atoms with Crippen molar-refractivity contribution in [1.82, 2.24) is 9.29 Å². The van der Waals surface area contributed by atoms with E-state index in [1.165, 1.54) is 21.3 Å². The van der Waals surface area contributed by atoms with Gasteiger partial charge in [0.1, 0.15) is 11.6 Å². The third-order valence-electron chi connectivity index (χ3n) is 4.79. The SMILES string of the molecule is N#Cc1ccccc1S(=O)(=O)N1CC[NH+](Cc2nc3ccccc3o2)CC1. The highest BCUT2D eigenvalue weighted by molar-refractivity contribution is 7.89. The summed E-state index contributed by atoms with van der Waals surface area (Å²) in [6.07, 6.45) is 0. The lowest BCUT2D eigenvalue weighted by molar-refractivity contribution is -0.918. The molecule has 0 radical (unpaired) electrons. The molecule has 0 atom stereocenters. The molecule has 0 aliphatic carbocycles. The Kier molecular flexibility index (Phi) is 4.66. The largest absolute Gasteiger partial charge is 0.435 e. The van der Waals surface area contributed by atoms with E-state index in [9.17, 15) is 13.7 Å². The molecule has 138 valence electrons. The minimum atomic E-state index is -3.66. The van der Waals surface area contributed by atoms with Crippen LogP contribution >= 0.6 is 0 Å². The molecule has 7 nitrogen and oxygen atoms in total. The lowest BCUT2D eigenvalue weighted by Gasteiger charge is -2.31. The fourth-order valence-corrected chi connectivity index (χ4v) is 4.94. The number of aromatic nitrogens is 1. The van der Waals surface area contributed by atoms with Crippen LogP contribution in [0.3, 0.4) is 0 Å². The summed E-state index contributed by atoms with van der Waals surface area (Å²) in [7, 11) is -3.66. The molecule has 3 aromatic rings. The monoisotopic (exact) mass is 383 g/mol. The molecule has 8 heteroatoms. The Morgan fingerprint density at radius 1 is 1.11 bits per heavy atom. The van der Waals surface area contributed by atoms with E-state index in [2.05, 4.69) is 4.98 Å². The minimum Gasteiger partial charge on any atom is -0.435 e. The second-order valence-electron chi connectivity index (χ2n) is 6.51. The molecule has 1 aromatic heterocycles. The lowest BCUT2D eigenvalue weighted by atomic mass is 10.2. The predicted molar refractivity (Wildman–Crippen MR) is 98.3 cm³/mol. The normalized spacial score (nSPS) is 16.4. The molecule has 1 fully saturated rings. The summed E-state index contributed by atoms with van der Waals surface area (Å²) in [6, 6.07) is 15.9. The molecule has 1 aliphatic heterocycles. The molecule has 2 heterocycles. The van der Waals surface area contributed by atoms with Crippen LogP contribution in [-0.4, -0.2) is 43.9 Å². The fraction of sp³-hybridized carbons (Fsp3) is 0.263. The van der Waals surface area contributed by atoms with E-state index < -0.39 is 10.0 Å². The molecule has 4 rings (SSSR count). The van der Waals surface area contributed by atoms with Gasteiger partial charge in [-0.3, -0.25) is 0 Å². The van der Waals surface area contributed by atoms with Gasteiger partial charge in [0.05, 0.1) is 36.6 Å². The second-order valence-corrected chi connectivity index (χ2v) is 8.42. The Morgan fingerprint density at radius 2 is 1.81 bits per heavy atom. The standard InChI is InChI=1S/C19H18N4O3S/c20-13-15-5-1-4-8-18(15)27(24,25)23-11-9-22(10-12-23)14-19-21-16-6-2-3-7-17(16)26-19/h1-8H,9-12,14H2/p+1. The molecule has 1 aliphatic rings. The molecule has 0 spiro atoms. The molecule has 0 bridgehead atoms. The van der Waals surface area contributed by atoms with Crippen LogP contribution < -0.4 is 4.90 Å². The molecule has 0 saturated carbocycles. The van der Waals surface area contributed by atoms with Gasteiger partial charge in [-0.15, -0.1) is 0 Å². The number of hydrogen-bond acceptors (Lipinski definition) is 5. The number of para-hydroxylation sites is 2. The van der Waals surface area contributed by atoms with Gasteiger partial charge in [-0.05, 0) is 24.3 Å². The van der Waals surface area contributed by atoms with E-state index in [1.54, 1.807) is 12.1 Å². The number of oxazole rings is 1. The third kappa shape index (κ3) is 3.45. The van der Waals surface area contributed by atoms with E-state index in [0.717, 1.165) is 11.1 Å². The van der Waals surface area contributed by atoms with Gasteiger partial charge in [-0.25, -0.2) is 13.4 Å². The maximum atomic E-state index is 12.9. The average molecular weight is 383 g/mol.